The van der Waals surface area contributed by atoms with Gasteiger partial charge in [0.2, 0.25) is 0 Å². The van der Waals surface area contributed by atoms with Crippen molar-refractivity contribution >= 4 is 29.6 Å². The van der Waals surface area contributed by atoms with Crippen molar-refractivity contribution in [1.29, 1.82) is 5.26 Å². The highest BCUT2D eigenvalue weighted by atomic mass is 35.5. The van der Waals surface area contributed by atoms with Crippen LogP contribution in [-0.4, -0.2) is 72.7 Å². The molecule has 2 heterocycles. The Labute approximate surface area is 269 Å². The monoisotopic (exact) mass is 712 g/mol. The number of aliphatic carboxylic acids is 1. The van der Waals surface area contributed by atoms with Gasteiger partial charge in [-0.3, -0.25) is 14.5 Å². The van der Waals surface area contributed by atoms with E-state index in [0.717, 1.165) is 23.4 Å². The van der Waals surface area contributed by atoms with Gasteiger partial charge < -0.3 is 14.6 Å². The molecule has 4 rings (SSSR count). The molecular weight excluding hydrogens is 692 g/mol. The van der Waals surface area contributed by atoms with Crippen molar-refractivity contribution in [3.63, 3.8) is 0 Å². The van der Waals surface area contributed by atoms with Gasteiger partial charge in [0.1, 0.15) is 11.1 Å². The number of aromatic nitrogens is 4. The highest BCUT2D eigenvalue weighted by Gasteiger charge is 2.64. The molecule has 0 bridgehead atoms. The maximum atomic E-state index is 14.1. The molecule has 0 spiro atoms. The third-order valence-corrected chi connectivity index (χ3v) is 7.37. The lowest BCUT2D eigenvalue weighted by atomic mass is 10.0. The maximum absolute atomic E-state index is 14.1. The zero-order valence-corrected chi connectivity index (χ0v) is 25.0. The van der Waals surface area contributed by atoms with E-state index < -0.39 is 65.7 Å². The normalized spacial score (nSPS) is 14.3. The Morgan fingerprint density at radius 3 is 2.33 bits per heavy atom. The van der Waals surface area contributed by atoms with Crippen LogP contribution in [-0.2, 0) is 33.4 Å². The van der Waals surface area contributed by atoms with Crippen molar-refractivity contribution in [2.75, 3.05) is 13.3 Å². The summed E-state index contributed by atoms with van der Waals surface area (Å²) in [5.41, 5.74) is -6.61. The molecule has 0 unspecified atom stereocenters. The molecule has 3 aromatic rings. The second-order valence-corrected chi connectivity index (χ2v) is 10.8. The minimum absolute atomic E-state index is 0.0203. The van der Waals surface area contributed by atoms with Crippen LogP contribution in [0.5, 0.6) is 0 Å². The van der Waals surface area contributed by atoms with Crippen LogP contribution in [0.25, 0.3) is 16.9 Å². The second kappa shape index (κ2) is 12.9. The van der Waals surface area contributed by atoms with Crippen molar-refractivity contribution in [2.24, 2.45) is 7.05 Å². The number of carboxylic acids is 1. The van der Waals surface area contributed by atoms with E-state index in [1.807, 2.05) is 6.07 Å². The number of carbonyl (C=O) groups excluding carboxylic acids is 2. The first-order valence-corrected chi connectivity index (χ1v) is 13.8. The molecule has 258 valence electrons. The van der Waals surface area contributed by atoms with Crippen LogP contribution in [0.1, 0.15) is 47.3 Å². The van der Waals surface area contributed by atoms with E-state index in [1.165, 1.54) is 12.1 Å². The average molecular weight is 713 g/mol. The number of ether oxygens (including phenoxy) is 2. The molecule has 1 amide bonds. The lowest BCUT2D eigenvalue weighted by Gasteiger charge is -2.27. The Morgan fingerprint density at radius 2 is 1.77 bits per heavy atom. The molecular formula is C27H21ClF8N6O6. The van der Waals surface area contributed by atoms with Gasteiger partial charge in [0.05, 0.1) is 29.5 Å². The van der Waals surface area contributed by atoms with Crippen LogP contribution >= 0.6 is 11.6 Å². The van der Waals surface area contributed by atoms with E-state index in [1.54, 1.807) is 0 Å². The number of rotatable bonds is 11. The molecule has 21 heteroatoms. The van der Waals surface area contributed by atoms with Crippen LogP contribution in [0.2, 0.25) is 5.02 Å². The van der Waals surface area contributed by atoms with Gasteiger partial charge in [-0.2, -0.15) is 50.6 Å². The van der Waals surface area contributed by atoms with Gasteiger partial charge in [-0.1, -0.05) is 17.7 Å². The van der Waals surface area contributed by atoms with Crippen LogP contribution in [0.4, 0.5) is 39.9 Å². The SMILES string of the molecule is Cn1nc(C(F)(F)C(F)(F)F)c(C(F)(F)F)c1-n1cc(-c2ccc(Cl)c(C(=O)N(COC(=O)OCCCC(=O)O)C3(C#N)CC3)c2)cn1. The van der Waals surface area contributed by atoms with Gasteiger partial charge in [0.15, 0.2) is 18.2 Å². The van der Waals surface area contributed by atoms with Crippen LogP contribution < -0.4 is 0 Å². The number of aryl methyl sites for hydroxylation is 1. The largest absolute Gasteiger partial charge is 0.510 e. The molecule has 1 aromatic carbocycles. The van der Waals surface area contributed by atoms with Gasteiger partial charge in [-0.05, 0) is 37.0 Å². The number of hydrogen-bond donors (Lipinski definition) is 1. The van der Waals surface area contributed by atoms with Crippen LogP contribution in [0, 0.1) is 11.3 Å². The molecule has 12 nitrogen and oxygen atoms in total. The predicted octanol–water partition coefficient (Wildman–Crippen LogP) is 6.07. The highest BCUT2D eigenvalue weighted by Crippen LogP contribution is 2.49. The van der Waals surface area contributed by atoms with E-state index in [2.05, 4.69) is 10.2 Å². The molecule has 48 heavy (non-hydrogen) atoms. The zero-order chi connectivity index (χ0) is 35.8. The molecule has 0 saturated heterocycles. The summed E-state index contributed by atoms with van der Waals surface area (Å²) >= 11 is 6.25. The summed E-state index contributed by atoms with van der Waals surface area (Å²) in [5.74, 6) is -9.27. The highest BCUT2D eigenvalue weighted by molar-refractivity contribution is 6.34. The van der Waals surface area contributed by atoms with Gasteiger partial charge in [0.25, 0.3) is 5.91 Å². The smallest absolute Gasteiger partial charge is 0.481 e. The first kappa shape index (κ1) is 35.9. The predicted molar refractivity (Wildman–Crippen MR) is 144 cm³/mol. The van der Waals surface area contributed by atoms with Gasteiger partial charge >= 0.3 is 30.4 Å². The van der Waals surface area contributed by atoms with E-state index in [0.29, 0.717) is 11.7 Å². The van der Waals surface area contributed by atoms with Gasteiger partial charge in [0, 0.05) is 25.2 Å². The molecule has 0 aliphatic heterocycles. The van der Waals surface area contributed by atoms with E-state index in [4.69, 9.17) is 26.2 Å². The topological polar surface area (TPSA) is 153 Å². The van der Waals surface area contributed by atoms with Crippen molar-refractivity contribution < 1.29 is 64.1 Å². The van der Waals surface area contributed by atoms with Crippen molar-refractivity contribution in [1.82, 2.24) is 24.5 Å². The van der Waals surface area contributed by atoms with Crippen molar-refractivity contribution in [3.05, 3.63) is 52.4 Å². The van der Waals surface area contributed by atoms with Crippen LogP contribution in [0.3, 0.4) is 0 Å². The van der Waals surface area contributed by atoms with E-state index in [-0.39, 0.29) is 58.7 Å². The van der Waals surface area contributed by atoms with Crippen molar-refractivity contribution in [3.8, 4) is 23.0 Å². The van der Waals surface area contributed by atoms with E-state index >= 15 is 0 Å². The Kier molecular flexibility index (Phi) is 9.68. The summed E-state index contributed by atoms with van der Waals surface area (Å²) in [5, 5.41) is 24.7. The van der Waals surface area contributed by atoms with Crippen molar-refractivity contribution in [2.45, 2.75) is 49.5 Å². The molecule has 0 atom stereocenters. The maximum Gasteiger partial charge on any atom is 0.510 e. The Morgan fingerprint density at radius 1 is 1.10 bits per heavy atom. The Hall–Kier alpha value is -4.93. The molecule has 1 N–H and O–H groups in total. The summed E-state index contributed by atoms with van der Waals surface area (Å²) in [6, 6.07) is 5.60. The summed E-state index contributed by atoms with van der Waals surface area (Å²) in [6.07, 6.45) is -11.5. The first-order chi connectivity index (χ1) is 22.2. The lowest BCUT2D eigenvalue weighted by Crippen LogP contribution is -2.43. The molecule has 2 aromatic heterocycles. The third kappa shape index (κ3) is 7.14. The number of halogens is 9. The fraction of sp³-hybridized carbons (Fsp3) is 0.407. The number of hydrogen-bond acceptors (Lipinski definition) is 8. The quantitative estimate of drug-likeness (QED) is 0.108. The Balaban J connectivity index is 1.65. The molecule has 1 aliphatic carbocycles. The number of carbonyl (C=O) groups is 3. The second-order valence-electron chi connectivity index (χ2n) is 10.4. The average Bonchev–Trinajstić information content (AvgIpc) is 3.45. The van der Waals surface area contributed by atoms with Crippen LogP contribution in [0.15, 0.2) is 30.6 Å². The number of amides is 1. The number of nitriles is 1. The summed E-state index contributed by atoms with van der Waals surface area (Å²) < 4.78 is 119. The number of benzene rings is 1. The number of nitrogens with zero attached hydrogens (tertiary/aromatic N) is 6. The fourth-order valence-electron chi connectivity index (χ4n) is 4.47. The summed E-state index contributed by atoms with van der Waals surface area (Å²) in [4.78, 5) is 37.1. The first-order valence-electron chi connectivity index (χ1n) is 13.4. The van der Waals surface area contributed by atoms with Gasteiger partial charge in [-0.25, -0.2) is 14.2 Å². The lowest BCUT2D eigenvalue weighted by molar-refractivity contribution is -0.292. The molecule has 1 saturated carbocycles. The Bertz CT molecular complexity index is 1780. The molecule has 1 aliphatic rings. The zero-order valence-electron chi connectivity index (χ0n) is 24.2. The molecule has 0 radical (unpaired) electrons. The minimum atomic E-state index is -6.40. The number of carboxylic acid groups (broad SMARTS) is 1. The minimum Gasteiger partial charge on any atom is -0.481 e. The summed E-state index contributed by atoms with van der Waals surface area (Å²) in [6.45, 7) is -1.09. The van der Waals surface area contributed by atoms with Gasteiger partial charge in [-0.15, -0.1) is 0 Å². The summed E-state index contributed by atoms with van der Waals surface area (Å²) in [7, 11) is 0.715. The fourth-order valence-corrected chi connectivity index (χ4v) is 4.67. The number of alkyl halides is 8. The molecule has 1 fully saturated rings. The standard InChI is InChI=1S/C27H21ClF8N6O6/c1-40-21(19(26(31,32)33)20(39-40)25(29,30)27(34,35)36)42-11-15(10-38-42)14-4-5-17(28)16(9-14)22(45)41(24(12-37)6-7-24)13-48-23(46)47-8-2-3-18(43)44/h4-5,9-11H,2-3,6-8,13H2,1H3,(H,43,44). The van der Waals surface area contributed by atoms with E-state index in [9.17, 15) is 54.8 Å². The third-order valence-electron chi connectivity index (χ3n) is 7.04.